The largest absolute Gasteiger partial charge is 0.354 e. The fraction of sp³-hybridized carbons (Fsp3) is 0.143. The molecule has 3 rings (SSSR count). The van der Waals surface area contributed by atoms with Crippen LogP contribution in [0.5, 0.6) is 0 Å². The molecule has 3 aromatic rings. The van der Waals surface area contributed by atoms with E-state index in [1.165, 1.54) is 5.56 Å². The van der Waals surface area contributed by atoms with Gasteiger partial charge in [-0.25, -0.2) is 4.98 Å². The van der Waals surface area contributed by atoms with Gasteiger partial charge in [0, 0.05) is 11.4 Å². The zero-order valence-corrected chi connectivity index (χ0v) is 14.4. The molecule has 1 aromatic heterocycles. The van der Waals surface area contributed by atoms with Gasteiger partial charge >= 0.3 is 0 Å². The molecule has 0 atom stereocenters. The lowest BCUT2D eigenvalue weighted by Gasteiger charge is -2.08. The van der Waals surface area contributed by atoms with Crippen LogP contribution in [-0.4, -0.2) is 10.9 Å². The SMILES string of the molecule is CCc1ccc(Nc2ccc(C(=O)Nc3cccc(C)c3)nc2)cc1. The molecule has 0 spiro atoms. The minimum atomic E-state index is -0.218. The van der Waals surface area contributed by atoms with Crippen LogP contribution in [0.3, 0.4) is 0 Å². The number of pyridine rings is 1. The second kappa shape index (κ2) is 7.62. The summed E-state index contributed by atoms with van der Waals surface area (Å²) in [6, 6.07) is 19.5. The lowest BCUT2D eigenvalue weighted by atomic mass is 10.1. The van der Waals surface area contributed by atoms with E-state index < -0.39 is 0 Å². The third kappa shape index (κ3) is 4.44. The number of hydrogen-bond donors (Lipinski definition) is 2. The molecule has 2 aromatic carbocycles. The topological polar surface area (TPSA) is 54.0 Å². The Morgan fingerprint density at radius 2 is 1.72 bits per heavy atom. The lowest BCUT2D eigenvalue weighted by Crippen LogP contribution is -2.13. The van der Waals surface area contributed by atoms with Crippen molar-refractivity contribution in [2.45, 2.75) is 20.3 Å². The summed E-state index contributed by atoms with van der Waals surface area (Å²) in [6.07, 6.45) is 2.69. The van der Waals surface area contributed by atoms with E-state index in [0.29, 0.717) is 5.69 Å². The second-order valence-corrected chi connectivity index (χ2v) is 5.93. The summed E-state index contributed by atoms with van der Waals surface area (Å²) >= 11 is 0. The number of aryl methyl sites for hydroxylation is 2. The van der Waals surface area contributed by atoms with E-state index in [1.54, 1.807) is 12.3 Å². The highest BCUT2D eigenvalue weighted by Gasteiger charge is 2.08. The highest BCUT2D eigenvalue weighted by Crippen LogP contribution is 2.17. The molecular formula is C21H21N3O. The fourth-order valence-corrected chi connectivity index (χ4v) is 2.51. The Balaban J connectivity index is 1.65. The van der Waals surface area contributed by atoms with Crippen LogP contribution in [0.15, 0.2) is 66.9 Å². The maximum atomic E-state index is 12.3. The van der Waals surface area contributed by atoms with Crippen molar-refractivity contribution in [3.05, 3.63) is 83.7 Å². The Bertz CT molecular complexity index is 855. The van der Waals surface area contributed by atoms with Gasteiger partial charge in [-0.15, -0.1) is 0 Å². The van der Waals surface area contributed by atoms with Crippen LogP contribution >= 0.6 is 0 Å². The van der Waals surface area contributed by atoms with E-state index in [9.17, 15) is 4.79 Å². The zero-order valence-electron chi connectivity index (χ0n) is 14.4. The molecule has 0 fully saturated rings. The fourth-order valence-electron chi connectivity index (χ4n) is 2.51. The first-order valence-electron chi connectivity index (χ1n) is 8.34. The number of anilines is 3. The molecule has 126 valence electrons. The molecule has 25 heavy (non-hydrogen) atoms. The van der Waals surface area contributed by atoms with Crippen molar-refractivity contribution >= 4 is 23.0 Å². The Hall–Kier alpha value is -3.14. The molecule has 1 heterocycles. The predicted octanol–water partition coefficient (Wildman–Crippen LogP) is 4.95. The molecule has 0 aliphatic rings. The summed E-state index contributed by atoms with van der Waals surface area (Å²) in [4.78, 5) is 16.5. The average Bonchev–Trinajstić information content (AvgIpc) is 2.63. The van der Waals surface area contributed by atoms with Crippen LogP contribution in [0.2, 0.25) is 0 Å². The summed E-state index contributed by atoms with van der Waals surface area (Å²) < 4.78 is 0. The van der Waals surface area contributed by atoms with Crippen molar-refractivity contribution in [2.75, 3.05) is 10.6 Å². The first-order chi connectivity index (χ1) is 12.1. The normalized spacial score (nSPS) is 10.3. The summed E-state index contributed by atoms with van der Waals surface area (Å²) in [5.74, 6) is -0.218. The Labute approximate surface area is 147 Å². The van der Waals surface area contributed by atoms with Gasteiger partial charge in [0.1, 0.15) is 5.69 Å². The molecule has 0 aliphatic carbocycles. The number of aromatic nitrogens is 1. The summed E-state index contributed by atoms with van der Waals surface area (Å²) in [5, 5.41) is 6.14. The maximum Gasteiger partial charge on any atom is 0.274 e. The van der Waals surface area contributed by atoms with Gasteiger partial charge in [0.05, 0.1) is 11.9 Å². The van der Waals surface area contributed by atoms with Crippen LogP contribution in [0, 0.1) is 6.92 Å². The molecular weight excluding hydrogens is 310 g/mol. The van der Waals surface area contributed by atoms with Crippen LogP contribution in [0.4, 0.5) is 17.1 Å². The van der Waals surface area contributed by atoms with E-state index in [4.69, 9.17) is 0 Å². The molecule has 2 N–H and O–H groups in total. The Morgan fingerprint density at radius 3 is 2.36 bits per heavy atom. The number of benzene rings is 2. The quantitative estimate of drug-likeness (QED) is 0.695. The maximum absolute atomic E-state index is 12.3. The first kappa shape index (κ1) is 16.7. The van der Waals surface area contributed by atoms with Gasteiger partial charge in [-0.05, 0) is 60.9 Å². The Morgan fingerprint density at radius 1 is 0.960 bits per heavy atom. The molecule has 0 bridgehead atoms. The second-order valence-electron chi connectivity index (χ2n) is 5.93. The molecule has 1 amide bonds. The summed E-state index contributed by atoms with van der Waals surface area (Å²) in [6.45, 7) is 4.12. The highest BCUT2D eigenvalue weighted by atomic mass is 16.1. The minimum absolute atomic E-state index is 0.218. The van der Waals surface area contributed by atoms with E-state index in [0.717, 1.165) is 29.0 Å². The van der Waals surface area contributed by atoms with Crippen molar-refractivity contribution in [3.8, 4) is 0 Å². The first-order valence-corrected chi connectivity index (χ1v) is 8.34. The van der Waals surface area contributed by atoms with Crippen LogP contribution in [-0.2, 0) is 6.42 Å². The average molecular weight is 331 g/mol. The molecule has 0 saturated heterocycles. The van der Waals surface area contributed by atoms with E-state index in [2.05, 4.69) is 34.7 Å². The summed E-state index contributed by atoms with van der Waals surface area (Å²) in [5.41, 5.74) is 5.39. The van der Waals surface area contributed by atoms with Crippen LogP contribution in [0.25, 0.3) is 0 Å². The third-order valence-corrected chi connectivity index (χ3v) is 3.92. The highest BCUT2D eigenvalue weighted by molar-refractivity contribution is 6.03. The van der Waals surface area contributed by atoms with Gasteiger partial charge in [0.15, 0.2) is 0 Å². The number of rotatable bonds is 5. The number of carbonyl (C=O) groups is 1. The van der Waals surface area contributed by atoms with Gasteiger partial charge in [-0.1, -0.05) is 31.2 Å². The van der Waals surface area contributed by atoms with E-state index >= 15 is 0 Å². The number of hydrogen-bond acceptors (Lipinski definition) is 3. The molecule has 0 saturated carbocycles. The monoisotopic (exact) mass is 331 g/mol. The van der Waals surface area contributed by atoms with Crippen LogP contribution < -0.4 is 10.6 Å². The zero-order chi connectivity index (χ0) is 17.6. The van der Waals surface area contributed by atoms with E-state index in [1.807, 2.05) is 49.4 Å². The van der Waals surface area contributed by atoms with E-state index in [-0.39, 0.29) is 5.91 Å². The van der Waals surface area contributed by atoms with Crippen molar-refractivity contribution in [1.82, 2.24) is 4.98 Å². The van der Waals surface area contributed by atoms with Crippen molar-refractivity contribution < 1.29 is 4.79 Å². The number of amides is 1. The third-order valence-electron chi connectivity index (χ3n) is 3.92. The Kier molecular flexibility index (Phi) is 5.09. The number of nitrogens with zero attached hydrogens (tertiary/aromatic N) is 1. The lowest BCUT2D eigenvalue weighted by molar-refractivity contribution is 0.102. The smallest absolute Gasteiger partial charge is 0.274 e. The molecule has 0 unspecified atom stereocenters. The number of carbonyl (C=O) groups excluding carboxylic acids is 1. The molecule has 4 heteroatoms. The van der Waals surface area contributed by atoms with Gasteiger partial charge < -0.3 is 10.6 Å². The minimum Gasteiger partial charge on any atom is -0.354 e. The standard InChI is InChI=1S/C21H21N3O/c1-3-16-7-9-17(10-8-16)23-19-11-12-20(22-14-19)21(25)24-18-6-4-5-15(2)13-18/h4-14,23H,3H2,1-2H3,(H,24,25). The van der Waals surface area contributed by atoms with Crippen molar-refractivity contribution in [2.24, 2.45) is 0 Å². The van der Waals surface area contributed by atoms with Gasteiger partial charge in [0.2, 0.25) is 0 Å². The van der Waals surface area contributed by atoms with Crippen molar-refractivity contribution in [3.63, 3.8) is 0 Å². The van der Waals surface area contributed by atoms with Crippen LogP contribution in [0.1, 0.15) is 28.5 Å². The summed E-state index contributed by atoms with van der Waals surface area (Å²) in [7, 11) is 0. The van der Waals surface area contributed by atoms with Gasteiger partial charge in [-0.2, -0.15) is 0 Å². The van der Waals surface area contributed by atoms with Crippen molar-refractivity contribution in [1.29, 1.82) is 0 Å². The molecule has 0 radical (unpaired) electrons. The van der Waals surface area contributed by atoms with Gasteiger partial charge in [-0.3, -0.25) is 4.79 Å². The number of nitrogens with one attached hydrogen (secondary N) is 2. The molecule has 0 aliphatic heterocycles. The van der Waals surface area contributed by atoms with Gasteiger partial charge in [0.25, 0.3) is 5.91 Å². The predicted molar refractivity (Wildman–Crippen MR) is 102 cm³/mol. The molecule has 4 nitrogen and oxygen atoms in total.